The van der Waals surface area contributed by atoms with Gasteiger partial charge in [-0.15, -0.1) is 0 Å². The molecule has 240 valence electrons. The molecule has 0 amide bonds. The van der Waals surface area contributed by atoms with Gasteiger partial charge < -0.3 is 14.9 Å². The molecule has 7 atom stereocenters. The number of hydrogen-bond acceptors (Lipinski definition) is 4. The first-order chi connectivity index (χ1) is 20.4. The molecule has 0 spiro atoms. The monoisotopic (exact) mass is 604 g/mol. The molecule has 1 aromatic carbocycles. The number of carbonyl (C=O) groups is 3. The molecular formula is C38H52O6. The average Bonchev–Trinajstić information content (AvgIpc) is 2.94. The standard InChI is InChI=1S/C38H52O6/c1-33(2)18-20-38(32(42)43)21-19-36(6)25(26(38)22-33)12-13-28-35(5)16-15-29(34(3,4)27(35)14-17-37(28,36)7)44-31(41)24-11-9-8-10-23(24)30(39)40/h8-11,27-29H,12-22H2,1-7H3,(H,39,40)(H,42,43)/t27-,28+,29-,35-,36+,37+,38-/m0/s1. The fourth-order valence-corrected chi connectivity index (χ4v) is 11.8. The maximum atomic E-state index is 13.3. The van der Waals surface area contributed by atoms with Crippen molar-refractivity contribution in [3.63, 3.8) is 0 Å². The van der Waals surface area contributed by atoms with Gasteiger partial charge in [0.25, 0.3) is 0 Å². The highest BCUT2D eigenvalue weighted by molar-refractivity contribution is 6.02. The number of hydrogen-bond donors (Lipinski definition) is 2. The van der Waals surface area contributed by atoms with Crippen molar-refractivity contribution in [3.05, 3.63) is 46.5 Å². The number of carboxylic acid groups (broad SMARTS) is 2. The highest BCUT2D eigenvalue weighted by atomic mass is 16.5. The summed E-state index contributed by atoms with van der Waals surface area (Å²) in [5.41, 5.74) is 2.17. The number of rotatable bonds is 4. The SMILES string of the molecule is CC1(C)CC[C@]2(C(=O)O)CC[C@]3(C)C(=C2C1)CC[C@@H]1[C@@]2(C)CC[C@H](OC(=O)c4ccccc4C(=O)O)C(C)(C)[C@@H]2CC[C@]13C. The number of aromatic carboxylic acids is 1. The molecule has 4 saturated carbocycles. The molecule has 4 fully saturated rings. The summed E-state index contributed by atoms with van der Waals surface area (Å²) in [4.78, 5) is 38.1. The Bertz CT molecular complexity index is 1440. The third-order valence-corrected chi connectivity index (χ3v) is 14.5. The Balaban J connectivity index is 1.32. The molecule has 5 aliphatic rings. The van der Waals surface area contributed by atoms with Crippen molar-refractivity contribution in [3.8, 4) is 0 Å². The summed E-state index contributed by atoms with van der Waals surface area (Å²) >= 11 is 0. The van der Waals surface area contributed by atoms with Gasteiger partial charge in [0.1, 0.15) is 6.10 Å². The molecule has 1 aromatic rings. The lowest BCUT2D eigenvalue weighted by Crippen LogP contribution is -2.64. The van der Waals surface area contributed by atoms with E-state index in [0.29, 0.717) is 11.8 Å². The zero-order valence-electron chi connectivity index (χ0n) is 27.8. The molecule has 6 rings (SSSR count). The van der Waals surface area contributed by atoms with Crippen molar-refractivity contribution < 1.29 is 29.3 Å². The summed E-state index contributed by atoms with van der Waals surface area (Å²) in [6.07, 6.45) is 9.96. The molecule has 0 aliphatic heterocycles. The number of fused-ring (bicyclic) bond motifs is 6. The predicted octanol–water partition coefficient (Wildman–Crippen LogP) is 8.94. The first-order valence-electron chi connectivity index (χ1n) is 16.9. The van der Waals surface area contributed by atoms with Gasteiger partial charge in [0.2, 0.25) is 0 Å². The number of carboxylic acids is 2. The number of aliphatic carboxylic acids is 1. The van der Waals surface area contributed by atoms with Gasteiger partial charge in [-0.25, -0.2) is 9.59 Å². The number of carbonyl (C=O) groups excluding carboxylic acids is 1. The van der Waals surface area contributed by atoms with E-state index >= 15 is 0 Å². The molecule has 0 bridgehead atoms. The maximum Gasteiger partial charge on any atom is 0.339 e. The van der Waals surface area contributed by atoms with Crippen molar-refractivity contribution in [2.75, 3.05) is 0 Å². The molecule has 5 aliphatic carbocycles. The minimum atomic E-state index is -1.13. The lowest BCUT2D eigenvalue weighted by atomic mass is 9.34. The van der Waals surface area contributed by atoms with Gasteiger partial charge in [0, 0.05) is 5.41 Å². The highest BCUT2D eigenvalue weighted by Crippen LogP contribution is 2.75. The quantitative estimate of drug-likeness (QED) is 0.263. The molecule has 6 nitrogen and oxygen atoms in total. The first kappa shape index (κ1) is 31.4. The van der Waals surface area contributed by atoms with Crippen LogP contribution in [0.5, 0.6) is 0 Å². The van der Waals surface area contributed by atoms with Crippen molar-refractivity contribution in [1.82, 2.24) is 0 Å². The lowest BCUT2D eigenvalue weighted by molar-refractivity contribution is -0.205. The largest absolute Gasteiger partial charge is 0.481 e. The van der Waals surface area contributed by atoms with E-state index in [9.17, 15) is 24.6 Å². The molecule has 6 heteroatoms. The van der Waals surface area contributed by atoms with Crippen LogP contribution >= 0.6 is 0 Å². The van der Waals surface area contributed by atoms with Crippen LogP contribution in [0.4, 0.5) is 0 Å². The fraction of sp³-hybridized carbons (Fsp3) is 0.711. The topological polar surface area (TPSA) is 101 Å². The molecule has 0 radical (unpaired) electrons. The van der Waals surface area contributed by atoms with E-state index in [1.54, 1.807) is 18.2 Å². The third-order valence-electron chi connectivity index (χ3n) is 14.5. The second kappa shape index (κ2) is 9.93. The Morgan fingerprint density at radius 1 is 0.750 bits per heavy atom. The van der Waals surface area contributed by atoms with Crippen LogP contribution in [0.3, 0.4) is 0 Å². The van der Waals surface area contributed by atoms with Crippen molar-refractivity contribution in [2.45, 2.75) is 125 Å². The Hall–Kier alpha value is -2.63. The first-order valence-corrected chi connectivity index (χ1v) is 16.9. The van der Waals surface area contributed by atoms with Crippen LogP contribution in [-0.4, -0.2) is 34.2 Å². The molecule has 44 heavy (non-hydrogen) atoms. The summed E-state index contributed by atoms with van der Waals surface area (Å²) in [6.45, 7) is 16.6. The van der Waals surface area contributed by atoms with Crippen LogP contribution in [0, 0.1) is 44.3 Å². The van der Waals surface area contributed by atoms with Crippen molar-refractivity contribution in [2.24, 2.45) is 44.3 Å². The van der Waals surface area contributed by atoms with Crippen LogP contribution in [0.25, 0.3) is 0 Å². The van der Waals surface area contributed by atoms with Gasteiger partial charge in [-0.1, -0.05) is 71.7 Å². The van der Waals surface area contributed by atoms with Gasteiger partial charge in [-0.3, -0.25) is 4.79 Å². The van der Waals surface area contributed by atoms with E-state index in [2.05, 4.69) is 48.5 Å². The maximum absolute atomic E-state index is 13.3. The summed E-state index contributed by atoms with van der Waals surface area (Å²) in [7, 11) is 0. The second-order valence-corrected chi connectivity index (χ2v) is 17.2. The Kier molecular flexibility index (Phi) is 7.08. The van der Waals surface area contributed by atoms with E-state index in [-0.39, 0.29) is 44.3 Å². The minimum Gasteiger partial charge on any atom is -0.481 e. The van der Waals surface area contributed by atoms with Crippen LogP contribution < -0.4 is 0 Å². The van der Waals surface area contributed by atoms with Crippen LogP contribution in [0.2, 0.25) is 0 Å². The second-order valence-electron chi connectivity index (χ2n) is 17.2. The van der Waals surface area contributed by atoms with E-state index in [0.717, 1.165) is 70.6 Å². The van der Waals surface area contributed by atoms with Crippen LogP contribution in [-0.2, 0) is 9.53 Å². The Labute approximate surface area is 263 Å². The average molecular weight is 605 g/mol. The lowest BCUT2D eigenvalue weighted by Gasteiger charge is -2.71. The zero-order chi connectivity index (χ0) is 32.1. The van der Waals surface area contributed by atoms with Crippen molar-refractivity contribution >= 4 is 17.9 Å². The molecule has 0 saturated heterocycles. The van der Waals surface area contributed by atoms with E-state index in [1.165, 1.54) is 17.2 Å². The smallest absolute Gasteiger partial charge is 0.339 e. The van der Waals surface area contributed by atoms with Crippen LogP contribution in [0.15, 0.2) is 35.4 Å². The fourth-order valence-electron chi connectivity index (χ4n) is 11.8. The Morgan fingerprint density at radius 3 is 2.07 bits per heavy atom. The van der Waals surface area contributed by atoms with Gasteiger partial charge in [-0.05, 0) is 116 Å². The highest BCUT2D eigenvalue weighted by Gasteiger charge is 2.68. The molecule has 0 unspecified atom stereocenters. The van der Waals surface area contributed by atoms with Crippen molar-refractivity contribution in [1.29, 1.82) is 0 Å². The van der Waals surface area contributed by atoms with Gasteiger partial charge in [0.15, 0.2) is 0 Å². The number of esters is 1. The van der Waals surface area contributed by atoms with Gasteiger partial charge >= 0.3 is 17.9 Å². The molecule has 0 aromatic heterocycles. The number of allylic oxidation sites excluding steroid dienone is 1. The summed E-state index contributed by atoms with van der Waals surface area (Å²) in [6, 6.07) is 6.31. The summed E-state index contributed by atoms with van der Waals surface area (Å²) < 4.78 is 6.19. The minimum absolute atomic E-state index is 0.0143. The van der Waals surface area contributed by atoms with E-state index in [4.69, 9.17) is 4.74 Å². The van der Waals surface area contributed by atoms with E-state index < -0.39 is 23.3 Å². The summed E-state index contributed by atoms with van der Waals surface area (Å²) in [5, 5.41) is 20.3. The predicted molar refractivity (Wildman–Crippen MR) is 169 cm³/mol. The molecule has 0 heterocycles. The van der Waals surface area contributed by atoms with E-state index in [1.807, 2.05) is 0 Å². The third kappa shape index (κ3) is 4.21. The molecular weight excluding hydrogens is 552 g/mol. The number of ether oxygens (including phenoxy) is 1. The molecule has 2 N–H and O–H groups in total. The Morgan fingerprint density at radius 2 is 1.41 bits per heavy atom. The van der Waals surface area contributed by atoms with Gasteiger partial charge in [0.05, 0.1) is 16.5 Å². The van der Waals surface area contributed by atoms with Crippen LogP contribution in [0.1, 0.15) is 140 Å². The van der Waals surface area contributed by atoms with Gasteiger partial charge in [-0.2, -0.15) is 0 Å². The number of benzene rings is 1. The normalized spacial score (nSPS) is 40.5. The zero-order valence-corrected chi connectivity index (χ0v) is 27.8. The summed E-state index contributed by atoms with van der Waals surface area (Å²) in [5.74, 6) is -1.42.